The second-order valence-electron chi connectivity index (χ2n) is 8.81. The van der Waals surface area contributed by atoms with Crippen molar-refractivity contribution in [2.75, 3.05) is 13.1 Å². The van der Waals surface area contributed by atoms with E-state index in [2.05, 4.69) is 36.2 Å². The molecule has 1 saturated heterocycles. The van der Waals surface area contributed by atoms with Crippen molar-refractivity contribution in [1.82, 2.24) is 10.2 Å². The second-order valence-corrected chi connectivity index (χ2v) is 9.21. The molecule has 1 amide bonds. The Morgan fingerprint density at radius 1 is 1.14 bits per heavy atom. The first-order valence-corrected chi connectivity index (χ1v) is 10.8. The molecule has 29 heavy (non-hydrogen) atoms. The number of hydrogen-bond acceptors (Lipinski definition) is 3. The van der Waals surface area contributed by atoms with Gasteiger partial charge in [0.1, 0.15) is 11.4 Å². The van der Waals surface area contributed by atoms with E-state index in [0.29, 0.717) is 0 Å². The van der Waals surface area contributed by atoms with Crippen LogP contribution in [0.15, 0.2) is 48.5 Å². The van der Waals surface area contributed by atoms with E-state index in [4.69, 9.17) is 16.3 Å². The van der Waals surface area contributed by atoms with E-state index in [0.717, 1.165) is 60.8 Å². The summed E-state index contributed by atoms with van der Waals surface area (Å²) in [6, 6.07) is 16.0. The molecular weight excluding hydrogens is 384 g/mol. The average molecular weight is 413 g/mol. The molecule has 0 radical (unpaired) electrons. The van der Waals surface area contributed by atoms with E-state index in [1.807, 2.05) is 36.4 Å². The number of fused-ring (bicyclic) bond motifs is 1. The molecule has 2 aliphatic heterocycles. The van der Waals surface area contributed by atoms with Crippen LogP contribution in [0.2, 0.25) is 5.02 Å². The first kappa shape index (κ1) is 20.2. The largest absolute Gasteiger partial charge is 0.487 e. The molecular formula is C24H29ClN2O2. The summed E-state index contributed by atoms with van der Waals surface area (Å²) in [7, 11) is 0. The van der Waals surface area contributed by atoms with Gasteiger partial charge in [-0.2, -0.15) is 0 Å². The fraction of sp³-hybridized carbons (Fsp3) is 0.458. The van der Waals surface area contributed by atoms with Crippen molar-refractivity contribution in [1.29, 1.82) is 0 Å². The van der Waals surface area contributed by atoms with E-state index in [1.165, 1.54) is 0 Å². The maximum Gasteiger partial charge on any atom is 0.223 e. The Hall–Kier alpha value is -2.04. The Balaban J connectivity index is 1.35. The minimum atomic E-state index is -0.287. The van der Waals surface area contributed by atoms with Crippen molar-refractivity contribution < 1.29 is 9.53 Å². The van der Waals surface area contributed by atoms with Crippen LogP contribution in [0.5, 0.6) is 5.75 Å². The highest BCUT2D eigenvalue weighted by Gasteiger charge is 2.35. The van der Waals surface area contributed by atoms with Crippen molar-refractivity contribution in [2.45, 2.75) is 51.3 Å². The van der Waals surface area contributed by atoms with Gasteiger partial charge in [0, 0.05) is 29.5 Å². The number of nitrogens with one attached hydrogen (secondary N) is 1. The summed E-state index contributed by atoms with van der Waals surface area (Å²) < 4.78 is 6.09. The second kappa shape index (κ2) is 8.37. The average Bonchev–Trinajstić information content (AvgIpc) is 2.69. The van der Waals surface area contributed by atoms with Crippen molar-refractivity contribution in [3.63, 3.8) is 0 Å². The summed E-state index contributed by atoms with van der Waals surface area (Å²) in [6.45, 7) is 6.83. The normalized spacial score (nSPS) is 21.8. The first-order valence-electron chi connectivity index (χ1n) is 10.5. The molecule has 4 rings (SSSR count). The number of likely N-dealkylation sites (tertiary alicyclic amines) is 1. The lowest BCUT2D eigenvalue weighted by molar-refractivity contribution is -0.127. The number of piperidine rings is 1. The number of hydrogen-bond donors (Lipinski definition) is 1. The van der Waals surface area contributed by atoms with Crippen LogP contribution in [0.1, 0.15) is 50.3 Å². The zero-order valence-corrected chi connectivity index (χ0v) is 17.9. The molecule has 5 heteroatoms. The van der Waals surface area contributed by atoms with Gasteiger partial charge in [-0.15, -0.1) is 0 Å². The quantitative estimate of drug-likeness (QED) is 0.770. The number of benzene rings is 2. The summed E-state index contributed by atoms with van der Waals surface area (Å²) in [4.78, 5) is 15.4. The monoisotopic (exact) mass is 412 g/mol. The summed E-state index contributed by atoms with van der Waals surface area (Å²) in [5.41, 5.74) is 1.94. The van der Waals surface area contributed by atoms with E-state index in [9.17, 15) is 4.79 Å². The van der Waals surface area contributed by atoms with Crippen LogP contribution in [0.4, 0.5) is 0 Å². The Kier molecular flexibility index (Phi) is 5.84. The Morgan fingerprint density at radius 2 is 1.83 bits per heavy atom. The van der Waals surface area contributed by atoms with E-state index >= 15 is 0 Å². The topological polar surface area (TPSA) is 41.6 Å². The Morgan fingerprint density at radius 3 is 2.59 bits per heavy atom. The van der Waals surface area contributed by atoms with Crippen molar-refractivity contribution in [2.24, 2.45) is 5.92 Å². The van der Waals surface area contributed by atoms with Crippen LogP contribution in [-0.4, -0.2) is 29.5 Å². The van der Waals surface area contributed by atoms with Crippen molar-refractivity contribution >= 4 is 17.5 Å². The molecule has 0 spiro atoms. The molecule has 2 aromatic carbocycles. The van der Waals surface area contributed by atoms with Gasteiger partial charge in [-0.25, -0.2) is 0 Å². The van der Waals surface area contributed by atoms with Gasteiger partial charge in [-0.1, -0.05) is 48.0 Å². The van der Waals surface area contributed by atoms with E-state index in [-0.39, 0.29) is 23.5 Å². The molecule has 154 valence electrons. The van der Waals surface area contributed by atoms with Gasteiger partial charge in [-0.05, 0) is 57.5 Å². The minimum Gasteiger partial charge on any atom is -0.487 e. The number of nitrogens with zero attached hydrogens (tertiary/aromatic N) is 1. The smallest absolute Gasteiger partial charge is 0.223 e. The predicted molar refractivity (Wildman–Crippen MR) is 116 cm³/mol. The maximum absolute atomic E-state index is 13.0. The highest BCUT2D eigenvalue weighted by molar-refractivity contribution is 6.31. The van der Waals surface area contributed by atoms with Crippen molar-refractivity contribution in [3.05, 3.63) is 64.7 Å². The Bertz CT molecular complexity index is 875. The SMILES string of the molecule is CC1(C)C[C@@H](NC(=O)C2CCN(Cc3ccccc3Cl)CC2)c2ccccc2O1. The summed E-state index contributed by atoms with van der Waals surface area (Å²) in [5, 5.41) is 4.13. The zero-order valence-electron chi connectivity index (χ0n) is 17.2. The van der Waals surface area contributed by atoms with Gasteiger partial charge in [-0.3, -0.25) is 9.69 Å². The van der Waals surface area contributed by atoms with E-state index in [1.54, 1.807) is 0 Å². The van der Waals surface area contributed by atoms with Gasteiger partial charge in [0.15, 0.2) is 0 Å². The predicted octanol–water partition coefficient (Wildman–Crippen LogP) is 4.97. The maximum atomic E-state index is 13.0. The van der Waals surface area contributed by atoms with E-state index < -0.39 is 0 Å². The van der Waals surface area contributed by atoms with Crippen LogP contribution in [-0.2, 0) is 11.3 Å². The summed E-state index contributed by atoms with van der Waals surface area (Å²) in [6.07, 6.45) is 2.54. The van der Waals surface area contributed by atoms with Crippen LogP contribution in [0.25, 0.3) is 0 Å². The molecule has 0 aromatic heterocycles. The lowest BCUT2D eigenvalue weighted by Gasteiger charge is -2.39. The van der Waals surface area contributed by atoms with Crippen LogP contribution < -0.4 is 10.1 Å². The van der Waals surface area contributed by atoms with Crippen LogP contribution >= 0.6 is 11.6 Å². The highest BCUT2D eigenvalue weighted by Crippen LogP contribution is 2.39. The van der Waals surface area contributed by atoms with Gasteiger partial charge in [0.2, 0.25) is 5.91 Å². The third-order valence-electron chi connectivity index (χ3n) is 6.00. The number of rotatable bonds is 4. The summed E-state index contributed by atoms with van der Waals surface area (Å²) in [5.74, 6) is 1.11. The molecule has 0 aliphatic carbocycles. The molecule has 2 aliphatic rings. The number of carbonyl (C=O) groups excluding carboxylic acids is 1. The number of para-hydroxylation sites is 1. The zero-order chi connectivity index (χ0) is 20.4. The number of halogens is 1. The standard InChI is InChI=1S/C24H29ClN2O2/c1-24(2)15-21(19-8-4-6-10-22(19)29-24)26-23(28)17-11-13-27(14-12-17)16-18-7-3-5-9-20(18)25/h3-10,17,21H,11-16H2,1-2H3,(H,26,28)/t21-/m1/s1. The fourth-order valence-corrected chi connectivity index (χ4v) is 4.64. The van der Waals surface area contributed by atoms with Crippen molar-refractivity contribution in [3.8, 4) is 5.75 Å². The molecule has 0 unspecified atom stereocenters. The fourth-order valence-electron chi connectivity index (χ4n) is 4.44. The highest BCUT2D eigenvalue weighted by atomic mass is 35.5. The lowest BCUT2D eigenvalue weighted by atomic mass is 9.88. The molecule has 0 saturated carbocycles. The Labute approximate surface area is 178 Å². The molecule has 2 aromatic rings. The van der Waals surface area contributed by atoms with Crippen LogP contribution in [0.3, 0.4) is 0 Å². The lowest BCUT2D eigenvalue weighted by Crippen LogP contribution is -2.45. The number of amides is 1. The molecule has 4 nitrogen and oxygen atoms in total. The van der Waals surface area contributed by atoms with Gasteiger partial charge in [0.05, 0.1) is 6.04 Å². The van der Waals surface area contributed by atoms with Gasteiger partial charge < -0.3 is 10.1 Å². The van der Waals surface area contributed by atoms with Crippen LogP contribution in [0, 0.1) is 5.92 Å². The summed E-state index contributed by atoms with van der Waals surface area (Å²) >= 11 is 6.29. The van der Waals surface area contributed by atoms with Gasteiger partial charge >= 0.3 is 0 Å². The number of ether oxygens (including phenoxy) is 1. The molecule has 0 bridgehead atoms. The minimum absolute atomic E-state index is 0.00334. The molecule has 1 atom stereocenters. The first-order chi connectivity index (χ1) is 13.9. The molecule has 2 heterocycles. The molecule has 1 fully saturated rings. The number of carbonyl (C=O) groups is 1. The molecule has 1 N–H and O–H groups in total. The third-order valence-corrected chi connectivity index (χ3v) is 6.37. The van der Waals surface area contributed by atoms with Gasteiger partial charge in [0.25, 0.3) is 0 Å². The third kappa shape index (κ3) is 4.76.